The monoisotopic (exact) mass is 198 g/mol. The van der Waals surface area contributed by atoms with Gasteiger partial charge in [0.15, 0.2) is 0 Å². The lowest BCUT2D eigenvalue weighted by Gasteiger charge is -2.55. The minimum absolute atomic E-state index is 0.108. The minimum atomic E-state index is 0.108. The van der Waals surface area contributed by atoms with E-state index in [-0.39, 0.29) is 5.60 Å². The first-order chi connectivity index (χ1) is 6.30. The molecule has 0 aromatic rings. The maximum Gasteiger partial charge on any atom is 0.237 e. The van der Waals surface area contributed by atoms with Crippen molar-refractivity contribution in [2.45, 2.75) is 44.1 Å². The first-order valence-electron chi connectivity index (χ1n) is 5.33. The standard InChI is InChI=1S/C11H15ClO/c12-7-13-11-4-8-1-9(5-11)3-10(2-8)6-11/h8-10H,1-6H2. The Morgan fingerprint density at radius 3 is 1.85 bits per heavy atom. The highest BCUT2D eigenvalue weighted by molar-refractivity contribution is 6.22. The smallest absolute Gasteiger partial charge is 0.237 e. The molecule has 2 radical (unpaired) electrons. The van der Waals surface area contributed by atoms with E-state index < -0.39 is 0 Å². The molecule has 4 aliphatic rings. The van der Waals surface area contributed by atoms with Gasteiger partial charge in [-0.2, -0.15) is 0 Å². The lowest BCUT2D eigenvalue weighted by Crippen LogP contribution is -2.51. The van der Waals surface area contributed by atoms with Crippen LogP contribution in [0.3, 0.4) is 0 Å². The average Bonchev–Trinajstić information content (AvgIpc) is 2.00. The van der Waals surface area contributed by atoms with Crippen LogP contribution in [0.1, 0.15) is 38.5 Å². The molecule has 4 aliphatic carbocycles. The van der Waals surface area contributed by atoms with Crippen LogP contribution in [0.4, 0.5) is 0 Å². The molecule has 0 atom stereocenters. The molecule has 0 unspecified atom stereocenters. The van der Waals surface area contributed by atoms with Gasteiger partial charge in [0.25, 0.3) is 0 Å². The van der Waals surface area contributed by atoms with Gasteiger partial charge in [-0.1, -0.05) is 11.6 Å². The summed E-state index contributed by atoms with van der Waals surface area (Å²) in [5.41, 5.74) is 0.108. The molecule has 2 heteroatoms. The summed E-state index contributed by atoms with van der Waals surface area (Å²) in [6, 6.07) is 2.40. The van der Waals surface area contributed by atoms with Gasteiger partial charge in [-0.05, 0) is 56.3 Å². The summed E-state index contributed by atoms with van der Waals surface area (Å²) in [6.45, 7) is 0. The first kappa shape index (κ1) is 8.55. The van der Waals surface area contributed by atoms with Crippen LogP contribution in [0.5, 0.6) is 0 Å². The molecule has 4 bridgehead atoms. The highest BCUT2D eigenvalue weighted by Gasteiger charge is 2.51. The summed E-state index contributed by atoms with van der Waals surface area (Å²) in [5, 5.41) is 0. The van der Waals surface area contributed by atoms with Crippen molar-refractivity contribution in [1.29, 1.82) is 0 Å². The molecular formula is C11H15ClO. The molecule has 0 amide bonds. The van der Waals surface area contributed by atoms with Crippen LogP contribution in [0.15, 0.2) is 0 Å². The summed E-state index contributed by atoms with van der Waals surface area (Å²) in [4.78, 5) is 0. The van der Waals surface area contributed by atoms with Gasteiger partial charge < -0.3 is 4.74 Å². The van der Waals surface area contributed by atoms with E-state index in [1.807, 2.05) is 0 Å². The second-order valence-corrected chi connectivity index (χ2v) is 5.43. The third-order valence-corrected chi connectivity index (χ3v) is 4.31. The Morgan fingerprint density at radius 1 is 1.00 bits per heavy atom. The molecule has 4 fully saturated rings. The van der Waals surface area contributed by atoms with Crippen molar-refractivity contribution in [3.8, 4) is 0 Å². The lowest BCUT2D eigenvalue weighted by atomic mass is 9.54. The Kier molecular flexibility index (Phi) is 1.89. The van der Waals surface area contributed by atoms with Crippen LogP contribution in [0, 0.1) is 23.8 Å². The Balaban J connectivity index is 1.83. The molecule has 72 valence electrons. The number of ether oxygens (including phenoxy) is 1. The Labute approximate surface area is 84.8 Å². The lowest BCUT2D eigenvalue weighted by molar-refractivity contribution is -0.136. The molecule has 0 aliphatic heterocycles. The maximum atomic E-state index is 5.56. The topological polar surface area (TPSA) is 9.23 Å². The zero-order valence-electron chi connectivity index (χ0n) is 7.76. The maximum absolute atomic E-state index is 5.56. The van der Waals surface area contributed by atoms with Crippen molar-refractivity contribution < 1.29 is 4.74 Å². The molecule has 0 spiro atoms. The SMILES string of the molecule is Cl[C]OC12CC3CC(CC(C3)C1)C2. The van der Waals surface area contributed by atoms with Gasteiger partial charge in [0.05, 0.1) is 5.60 Å². The van der Waals surface area contributed by atoms with Gasteiger partial charge in [0, 0.05) is 0 Å². The molecule has 0 aromatic carbocycles. The van der Waals surface area contributed by atoms with Gasteiger partial charge in [-0.3, -0.25) is 0 Å². The number of halogens is 1. The highest BCUT2D eigenvalue weighted by atomic mass is 35.5. The van der Waals surface area contributed by atoms with Crippen LogP contribution in [0.25, 0.3) is 0 Å². The molecular weight excluding hydrogens is 184 g/mol. The molecule has 4 rings (SSSR count). The molecule has 4 saturated carbocycles. The van der Waals surface area contributed by atoms with E-state index in [9.17, 15) is 0 Å². The summed E-state index contributed by atoms with van der Waals surface area (Å²) >= 11 is 5.47. The van der Waals surface area contributed by atoms with E-state index in [4.69, 9.17) is 16.3 Å². The molecule has 0 saturated heterocycles. The predicted molar refractivity (Wildman–Crippen MR) is 51.1 cm³/mol. The van der Waals surface area contributed by atoms with E-state index >= 15 is 0 Å². The van der Waals surface area contributed by atoms with Gasteiger partial charge in [0.2, 0.25) is 6.07 Å². The fraction of sp³-hybridized carbons (Fsp3) is 0.909. The highest BCUT2D eigenvalue weighted by Crippen LogP contribution is 2.57. The average molecular weight is 199 g/mol. The zero-order chi connectivity index (χ0) is 8.89. The fourth-order valence-corrected chi connectivity index (χ4v) is 4.40. The summed E-state index contributed by atoms with van der Waals surface area (Å²) in [5.74, 6) is 2.78. The van der Waals surface area contributed by atoms with Crippen molar-refractivity contribution in [2.24, 2.45) is 17.8 Å². The number of rotatable bonds is 2. The number of hydrogen-bond acceptors (Lipinski definition) is 1. The van der Waals surface area contributed by atoms with Crippen molar-refractivity contribution in [2.75, 3.05) is 0 Å². The van der Waals surface area contributed by atoms with E-state index in [0.717, 1.165) is 17.8 Å². The van der Waals surface area contributed by atoms with Crippen molar-refractivity contribution in [3.63, 3.8) is 0 Å². The van der Waals surface area contributed by atoms with Crippen LogP contribution < -0.4 is 0 Å². The molecule has 0 heterocycles. The quantitative estimate of drug-likeness (QED) is 0.662. The molecule has 0 N–H and O–H groups in total. The van der Waals surface area contributed by atoms with Gasteiger partial charge in [-0.25, -0.2) is 0 Å². The Hall–Kier alpha value is 0.250. The van der Waals surface area contributed by atoms with Crippen molar-refractivity contribution in [3.05, 3.63) is 6.07 Å². The summed E-state index contributed by atoms with van der Waals surface area (Å²) < 4.78 is 5.56. The van der Waals surface area contributed by atoms with Crippen LogP contribution in [0.2, 0.25) is 0 Å². The molecule has 1 nitrogen and oxygen atoms in total. The fourth-order valence-electron chi connectivity index (χ4n) is 4.24. The Bertz CT molecular complexity index is 179. The van der Waals surface area contributed by atoms with E-state index in [1.165, 1.54) is 38.5 Å². The van der Waals surface area contributed by atoms with Crippen molar-refractivity contribution >= 4 is 11.6 Å². The normalized spacial score (nSPS) is 52.8. The second-order valence-electron chi connectivity index (χ2n) is 5.28. The zero-order valence-corrected chi connectivity index (χ0v) is 8.52. The third kappa shape index (κ3) is 1.32. The molecule has 0 aromatic heterocycles. The Morgan fingerprint density at radius 2 is 1.46 bits per heavy atom. The van der Waals surface area contributed by atoms with Gasteiger partial charge in [0.1, 0.15) is 0 Å². The first-order valence-corrected chi connectivity index (χ1v) is 5.71. The second kappa shape index (κ2) is 2.87. The number of hydrogen-bond donors (Lipinski definition) is 0. The van der Waals surface area contributed by atoms with Crippen molar-refractivity contribution in [1.82, 2.24) is 0 Å². The summed E-state index contributed by atoms with van der Waals surface area (Å²) in [6.07, 6.45) is 8.05. The van der Waals surface area contributed by atoms with Crippen LogP contribution >= 0.6 is 11.6 Å². The summed E-state index contributed by atoms with van der Waals surface area (Å²) in [7, 11) is 0. The largest absolute Gasteiger partial charge is 0.345 e. The van der Waals surface area contributed by atoms with Gasteiger partial charge in [-0.15, -0.1) is 0 Å². The predicted octanol–water partition coefficient (Wildman–Crippen LogP) is 3.21. The van der Waals surface area contributed by atoms with E-state index in [0.29, 0.717) is 0 Å². The third-order valence-electron chi connectivity index (χ3n) is 4.24. The molecule has 13 heavy (non-hydrogen) atoms. The van der Waals surface area contributed by atoms with E-state index in [2.05, 4.69) is 6.07 Å². The minimum Gasteiger partial charge on any atom is -0.345 e. The van der Waals surface area contributed by atoms with E-state index in [1.54, 1.807) is 0 Å². The van der Waals surface area contributed by atoms with Gasteiger partial charge >= 0.3 is 0 Å². The van der Waals surface area contributed by atoms with Crippen LogP contribution in [-0.2, 0) is 4.74 Å². The van der Waals surface area contributed by atoms with Crippen LogP contribution in [-0.4, -0.2) is 5.60 Å².